The summed E-state index contributed by atoms with van der Waals surface area (Å²) >= 11 is 0. The van der Waals surface area contributed by atoms with Crippen LogP contribution in [0.2, 0.25) is 0 Å². The second-order valence-corrected chi connectivity index (χ2v) is 5.18. The maximum absolute atomic E-state index is 9.09. The molecule has 1 unspecified atom stereocenters. The smallest absolute Gasteiger partial charge is 0.129 e. The van der Waals surface area contributed by atoms with Gasteiger partial charge in [0, 0.05) is 5.92 Å². The molecule has 20 heavy (non-hydrogen) atoms. The molecule has 0 aromatic heterocycles. The molecule has 0 saturated heterocycles. The Bertz CT molecular complexity index is 756. The fourth-order valence-electron chi connectivity index (χ4n) is 3.11. The van der Waals surface area contributed by atoms with Crippen molar-refractivity contribution in [1.29, 1.82) is 10.5 Å². The third-order valence-electron chi connectivity index (χ3n) is 4.08. The molecule has 2 heteroatoms. The van der Waals surface area contributed by atoms with Gasteiger partial charge in [-0.1, -0.05) is 42.5 Å². The van der Waals surface area contributed by atoms with Gasteiger partial charge in [-0.25, -0.2) is 0 Å². The molecule has 2 nitrogen and oxygen atoms in total. The lowest BCUT2D eigenvalue weighted by molar-refractivity contribution is 0.792. The molecule has 0 amide bonds. The van der Waals surface area contributed by atoms with E-state index in [9.17, 15) is 0 Å². The fourth-order valence-corrected chi connectivity index (χ4v) is 3.11. The summed E-state index contributed by atoms with van der Waals surface area (Å²) in [5.74, 6) is 0.230. The average molecular weight is 258 g/mol. The lowest BCUT2D eigenvalue weighted by atomic mass is 9.89. The first kappa shape index (κ1) is 12.5. The highest BCUT2D eigenvalue weighted by Crippen LogP contribution is 2.41. The van der Waals surface area contributed by atoms with Gasteiger partial charge in [0.1, 0.15) is 17.7 Å². The van der Waals surface area contributed by atoms with Crippen molar-refractivity contribution in [3.8, 4) is 12.1 Å². The Hall–Kier alpha value is -2.58. The van der Waals surface area contributed by atoms with E-state index >= 15 is 0 Å². The molecular formula is C18H14N2. The van der Waals surface area contributed by atoms with Gasteiger partial charge in [-0.05, 0) is 41.2 Å². The van der Waals surface area contributed by atoms with Gasteiger partial charge in [0.05, 0.1) is 0 Å². The van der Waals surface area contributed by atoms with Crippen molar-refractivity contribution in [2.45, 2.75) is 25.2 Å². The van der Waals surface area contributed by atoms with Gasteiger partial charge in [0.2, 0.25) is 0 Å². The molecule has 0 radical (unpaired) electrons. The second kappa shape index (κ2) is 5.19. The van der Waals surface area contributed by atoms with Gasteiger partial charge in [-0.2, -0.15) is 10.5 Å². The van der Waals surface area contributed by atoms with E-state index in [2.05, 4.69) is 30.3 Å². The standard InChI is InChI=1S/C18H14N2/c19-11-16(12-20)18-7-3-6-17(18)15-9-8-13-4-1-2-5-14(13)10-15/h1-2,4-5,8-10,17H,3,6-7H2. The van der Waals surface area contributed by atoms with Gasteiger partial charge in [-0.3, -0.25) is 0 Å². The van der Waals surface area contributed by atoms with Crippen LogP contribution in [-0.2, 0) is 0 Å². The van der Waals surface area contributed by atoms with Gasteiger partial charge in [0.15, 0.2) is 0 Å². The Kier molecular flexibility index (Phi) is 3.23. The van der Waals surface area contributed by atoms with Crippen LogP contribution in [0.4, 0.5) is 0 Å². The molecule has 1 fully saturated rings. The molecule has 3 rings (SSSR count). The Labute approximate surface area is 118 Å². The zero-order chi connectivity index (χ0) is 13.9. The minimum atomic E-state index is 0.230. The summed E-state index contributed by atoms with van der Waals surface area (Å²) in [6.45, 7) is 0. The monoisotopic (exact) mass is 258 g/mol. The van der Waals surface area contributed by atoms with E-state index in [1.54, 1.807) is 0 Å². The third-order valence-corrected chi connectivity index (χ3v) is 4.08. The topological polar surface area (TPSA) is 47.6 Å². The molecule has 1 aliphatic rings. The van der Waals surface area contributed by atoms with Crippen LogP contribution >= 0.6 is 0 Å². The lowest BCUT2D eigenvalue weighted by Gasteiger charge is -2.13. The van der Waals surface area contributed by atoms with Gasteiger partial charge < -0.3 is 0 Å². The van der Waals surface area contributed by atoms with Crippen molar-refractivity contribution in [3.63, 3.8) is 0 Å². The maximum Gasteiger partial charge on any atom is 0.129 e. The summed E-state index contributed by atoms with van der Waals surface area (Å²) in [4.78, 5) is 0. The van der Waals surface area contributed by atoms with E-state index in [0.717, 1.165) is 24.8 Å². The zero-order valence-electron chi connectivity index (χ0n) is 11.1. The number of hydrogen-bond acceptors (Lipinski definition) is 2. The first-order chi connectivity index (χ1) is 9.83. The van der Waals surface area contributed by atoms with Crippen LogP contribution < -0.4 is 0 Å². The molecule has 1 aliphatic carbocycles. The quantitative estimate of drug-likeness (QED) is 0.709. The van der Waals surface area contributed by atoms with E-state index in [4.69, 9.17) is 10.5 Å². The number of allylic oxidation sites excluding steroid dienone is 2. The predicted molar refractivity (Wildman–Crippen MR) is 78.8 cm³/mol. The molecule has 1 atom stereocenters. The minimum absolute atomic E-state index is 0.230. The minimum Gasteiger partial charge on any atom is -0.192 e. The lowest BCUT2D eigenvalue weighted by Crippen LogP contribution is -1.98. The van der Waals surface area contributed by atoms with E-state index in [-0.39, 0.29) is 5.92 Å². The number of benzene rings is 2. The van der Waals surface area contributed by atoms with E-state index < -0.39 is 0 Å². The summed E-state index contributed by atoms with van der Waals surface area (Å²) < 4.78 is 0. The molecule has 0 aliphatic heterocycles. The number of nitrogens with zero attached hydrogens (tertiary/aromatic N) is 2. The number of nitriles is 2. The van der Waals surface area contributed by atoms with Crippen LogP contribution in [0.3, 0.4) is 0 Å². The van der Waals surface area contributed by atoms with Crippen molar-refractivity contribution in [1.82, 2.24) is 0 Å². The molecule has 1 saturated carbocycles. The summed E-state index contributed by atoms with van der Waals surface area (Å²) in [5, 5.41) is 20.6. The molecule has 0 heterocycles. The summed E-state index contributed by atoms with van der Waals surface area (Å²) in [7, 11) is 0. The highest BCUT2D eigenvalue weighted by Gasteiger charge is 2.26. The molecule has 0 bridgehead atoms. The molecule has 96 valence electrons. The van der Waals surface area contributed by atoms with Crippen LogP contribution in [0.15, 0.2) is 53.6 Å². The van der Waals surface area contributed by atoms with Crippen LogP contribution in [0.25, 0.3) is 10.8 Å². The Morgan fingerprint density at radius 2 is 1.75 bits per heavy atom. The van der Waals surface area contributed by atoms with Crippen molar-refractivity contribution in [2.24, 2.45) is 0 Å². The van der Waals surface area contributed by atoms with Crippen molar-refractivity contribution >= 4 is 10.8 Å². The molecule has 0 spiro atoms. The molecule has 2 aromatic carbocycles. The maximum atomic E-state index is 9.09. The third kappa shape index (κ3) is 2.06. The van der Waals surface area contributed by atoms with Gasteiger partial charge >= 0.3 is 0 Å². The van der Waals surface area contributed by atoms with Gasteiger partial charge in [-0.15, -0.1) is 0 Å². The summed E-state index contributed by atoms with van der Waals surface area (Å²) in [6.07, 6.45) is 2.95. The van der Waals surface area contributed by atoms with Crippen molar-refractivity contribution in [3.05, 3.63) is 59.2 Å². The summed E-state index contributed by atoms with van der Waals surface area (Å²) in [5.41, 5.74) is 2.55. The van der Waals surface area contributed by atoms with Gasteiger partial charge in [0.25, 0.3) is 0 Å². The highest BCUT2D eigenvalue weighted by molar-refractivity contribution is 5.83. The first-order valence-corrected chi connectivity index (χ1v) is 6.85. The van der Waals surface area contributed by atoms with Crippen molar-refractivity contribution in [2.75, 3.05) is 0 Å². The van der Waals surface area contributed by atoms with Crippen LogP contribution in [0.1, 0.15) is 30.7 Å². The van der Waals surface area contributed by atoms with Crippen LogP contribution in [0.5, 0.6) is 0 Å². The number of hydrogen-bond donors (Lipinski definition) is 0. The Morgan fingerprint density at radius 1 is 1.00 bits per heavy atom. The normalized spacial score (nSPS) is 17.7. The molecular weight excluding hydrogens is 244 g/mol. The highest BCUT2D eigenvalue weighted by atomic mass is 14.3. The Morgan fingerprint density at radius 3 is 2.50 bits per heavy atom. The van der Waals surface area contributed by atoms with Crippen LogP contribution in [-0.4, -0.2) is 0 Å². The van der Waals surface area contributed by atoms with E-state index in [1.165, 1.54) is 16.3 Å². The average Bonchev–Trinajstić information content (AvgIpc) is 2.97. The largest absolute Gasteiger partial charge is 0.192 e. The van der Waals surface area contributed by atoms with Crippen LogP contribution in [0, 0.1) is 22.7 Å². The van der Waals surface area contributed by atoms with Crippen molar-refractivity contribution < 1.29 is 0 Å². The number of rotatable bonds is 1. The summed E-state index contributed by atoms with van der Waals surface area (Å²) in [6, 6.07) is 18.8. The Balaban J connectivity index is 2.09. The van der Waals surface area contributed by atoms with E-state index in [1.807, 2.05) is 24.3 Å². The predicted octanol–water partition coefficient (Wildman–Crippen LogP) is 4.45. The second-order valence-electron chi connectivity index (χ2n) is 5.18. The fraction of sp³-hybridized carbons (Fsp3) is 0.222. The molecule has 0 N–H and O–H groups in total. The SMILES string of the molecule is N#CC(C#N)=C1CCCC1c1ccc2ccccc2c1. The van der Waals surface area contributed by atoms with E-state index in [0.29, 0.717) is 5.57 Å². The molecule has 2 aromatic rings. The zero-order valence-corrected chi connectivity index (χ0v) is 11.1. The first-order valence-electron chi connectivity index (χ1n) is 6.85. The number of fused-ring (bicyclic) bond motifs is 1.